The van der Waals surface area contributed by atoms with Crippen LogP contribution < -0.4 is 5.32 Å². The Bertz CT molecular complexity index is 655. The van der Waals surface area contributed by atoms with Gasteiger partial charge in [0.1, 0.15) is 0 Å². The van der Waals surface area contributed by atoms with Gasteiger partial charge in [0, 0.05) is 18.1 Å². The third kappa shape index (κ3) is 3.44. The number of carbonyl (C=O) groups excluding carboxylic acids is 1. The maximum atomic E-state index is 12.2. The van der Waals surface area contributed by atoms with Crippen LogP contribution in [-0.2, 0) is 19.4 Å². The fraction of sp³-hybridized carbons (Fsp3) is 0.438. The van der Waals surface area contributed by atoms with E-state index in [0.717, 1.165) is 24.2 Å². The van der Waals surface area contributed by atoms with E-state index in [1.54, 1.807) is 29.5 Å². The Morgan fingerprint density at radius 1 is 1.50 bits per heavy atom. The molecule has 1 atom stereocenters. The van der Waals surface area contributed by atoms with Crippen molar-refractivity contribution in [3.8, 4) is 0 Å². The van der Waals surface area contributed by atoms with Gasteiger partial charge >= 0.3 is 6.03 Å². The highest BCUT2D eigenvalue weighted by atomic mass is 32.1. The molecule has 0 aromatic carbocycles. The average Bonchev–Trinajstić information content (AvgIpc) is 2.89. The number of nitrogens with one attached hydrogen (secondary N) is 1. The van der Waals surface area contributed by atoms with E-state index in [4.69, 9.17) is 0 Å². The van der Waals surface area contributed by atoms with Crippen LogP contribution in [0.4, 0.5) is 9.93 Å². The molecule has 3 rings (SSSR count). The summed E-state index contributed by atoms with van der Waals surface area (Å²) in [6, 6.07) is 5.55. The van der Waals surface area contributed by atoms with E-state index in [2.05, 4.69) is 22.2 Å². The number of hydrogen-bond acceptors (Lipinski definition) is 4. The van der Waals surface area contributed by atoms with Crippen molar-refractivity contribution < 1.29 is 4.79 Å². The molecule has 2 aromatic heterocycles. The van der Waals surface area contributed by atoms with Gasteiger partial charge in [0.2, 0.25) is 0 Å². The van der Waals surface area contributed by atoms with Crippen molar-refractivity contribution in [3.05, 3.63) is 40.7 Å². The van der Waals surface area contributed by atoms with E-state index in [0.29, 0.717) is 17.6 Å². The molecule has 2 aromatic rings. The highest BCUT2D eigenvalue weighted by molar-refractivity contribution is 7.15. The Balaban J connectivity index is 1.62. The number of rotatable bonds is 3. The number of aromatic nitrogens is 2. The van der Waals surface area contributed by atoms with Gasteiger partial charge in [-0.3, -0.25) is 10.3 Å². The molecule has 0 spiro atoms. The summed E-state index contributed by atoms with van der Waals surface area (Å²) < 4.78 is 0. The molecule has 5 nitrogen and oxygen atoms in total. The standard InChI is InChI=1S/C16H20N4OS/c1-11-6-7-13-14(9-11)22-15(18-13)19-16(21)20(2)10-12-5-3-4-8-17-12/h3-5,8,11H,6-7,9-10H2,1-2H3,(H,18,19,21)/t11-/m1/s1. The first-order valence-electron chi connectivity index (χ1n) is 7.52. The first-order valence-corrected chi connectivity index (χ1v) is 8.34. The van der Waals surface area contributed by atoms with Gasteiger partial charge in [-0.2, -0.15) is 0 Å². The second-order valence-electron chi connectivity index (χ2n) is 5.84. The Morgan fingerprint density at radius 3 is 3.14 bits per heavy atom. The minimum atomic E-state index is -0.148. The zero-order valence-electron chi connectivity index (χ0n) is 12.9. The lowest BCUT2D eigenvalue weighted by atomic mass is 9.93. The van der Waals surface area contributed by atoms with E-state index in [9.17, 15) is 4.79 Å². The summed E-state index contributed by atoms with van der Waals surface area (Å²) in [7, 11) is 1.76. The van der Waals surface area contributed by atoms with Gasteiger partial charge in [0.15, 0.2) is 5.13 Å². The number of hydrogen-bond donors (Lipinski definition) is 1. The van der Waals surface area contributed by atoms with Crippen LogP contribution in [0.25, 0.3) is 0 Å². The molecule has 0 fully saturated rings. The van der Waals surface area contributed by atoms with Crippen molar-refractivity contribution in [2.24, 2.45) is 5.92 Å². The van der Waals surface area contributed by atoms with Crippen molar-refractivity contribution in [3.63, 3.8) is 0 Å². The van der Waals surface area contributed by atoms with E-state index in [1.807, 2.05) is 18.2 Å². The predicted molar refractivity (Wildman–Crippen MR) is 88.0 cm³/mol. The molecule has 0 aliphatic heterocycles. The minimum Gasteiger partial charge on any atom is -0.322 e. The summed E-state index contributed by atoms with van der Waals surface area (Å²) in [5.41, 5.74) is 2.03. The Morgan fingerprint density at radius 2 is 2.36 bits per heavy atom. The molecule has 0 bridgehead atoms. The van der Waals surface area contributed by atoms with Crippen molar-refractivity contribution in [1.82, 2.24) is 14.9 Å². The van der Waals surface area contributed by atoms with E-state index in [-0.39, 0.29) is 6.03 Å². The quantitative estimate of drug-likeness (QED) is 0.945. The summed E-state index contributed by atoms with van der Waals surface area (Å²) in [5.74, 6) is 0.711. The van der Waals surface area contributed by atoms with Gasteiger partial charge in [0.25, 0.3) is 0 Å². The molecule has 116 valence electrons. The monoisotopic (exact) mass is 316 g/mol. The highest BCUT2D eigenvalue weighted by Crippen LogP contribution is 2.32. The summed E-state index contributed by atoms with van der Waals surface area (Å²) >= 11 is 1.61. The molecule has 2 heterocycles. The van der Waals surface area contributed by atoms with Crippen LogP contribution in [0, 0.1) is 5.92 Å². The van der Waals surface area contributed by atoms with Crippen LogP contribution in [0.15, 0.2) is 24.4 Å². The van der Waals surface area contributed by atoms with Crippen LogP contribution in [0.1, 0.15) is 29.6 Å². The van der Waals surface area contributed by atoms with Gasteiger partial charge < -0.3 is 4.90 Å². The number of thiazole rings is 1. The smallest absolute Gasteiger partial charge is 0.322 e. The zero-order chi connectivity index (χ0) is 15.5. The molecule has 0 saturated carbocycles. The lowest BCUT2D eigenvalue weighted by molar-refractivity contribution is 0.220. The third-order valence-electron chi connectivity index (χ3n) is 3.87. The maximum absolute atomic E-state index is 12.2. The van der Waals surface area contributed by atoms with Crippen molar-refractivity contribution >= 4 is 22.5 Å². The fourth-order valence-electron chi connectivity index (χ4n) is 2.59. The van der Waals surface area contributed by atoms with Crippen LogP contribution in [0.3, 0.4) is 0 Å². The molecule has 2 amide bonds. The number of amides is 2. The van der Waals surface area contributed by atoms with Crippen LogP contribution in [-0.4, -0.2) is 27.9 Å². The van der Waals surface area contributed by atoms with E-state index >= 15 is 0 Å². The molecular formula is C16H20N4OS. The molecule has 1 aliphatic carbocycles. The van der Waals surface area contributed by atoms with Gasteiger partial charge in [-0.1, -0.05) is 13.0 Å². The number of carbonyl (C=O) groups is 1. The molecule has 22 heavy (non-hydrogen) atoms. The van der Waals surface area contributed by atoms with Crippen molar-refractivity contribution in [2.75, 3.05) is 12.4 Å². The Labute approximate surface area is 134 Å². The number of urea groups is 1. The van der Waals surface area contributed by atoms with Crippen LogP contribution in [0.2, 0.25) is 0 Å². The van der Waals surface area contributed by atoms with Crippen LogP contribution in [0.5, 0.6) is 0 Å². The van der Waals surface area contributed by atoms with E-state index in [1.165, 1.54) is 11.3 Å². The SMILES string of the molecule is C[C@@H]1CCc2nc(NC(=O)N(C)Cc3ccccn3)sc2C1. The molecule has 1 aliphatic rings. The Hall–Kier alpha value is -1.95. The van der Waals surface area contributed by atoms with Crippen LogP contribution >= 0.6 is 11.3 Å². The third-order valence-corrected chi connectivity index (χ3v) is 4.91. The van der Waals surface area contributed by atoms with Crippen molar-refractivity contribution in [1.29, 1.82) is 0 Å². The minimum absolute atomic E-state index is 0.148. The predicted octanol–water partition coefficient (Wildman–Crippen LogP) is 3.33. The average molecular weight is 316 g/mol. The number of nitrogens with zero attached hydrogens (tertiary/aromatic N) is 3. The topological polar surface area (TPSA) is 58.1 Å². The summed E-state index contributed by atoms with van der Waals surface area (Å²) in [5, 5.41) is 3.61. The fourth-order valence-corrected chi connectivity index (χ4v) is 3.75. The highest BCUT2D eigenvalue weighted by Gasteiger charge is 2.21. The van der Waals surface area contributed by atoms with Crippen molar-refractivity contribution in [2.45, 2.75) is 32.7 Å². The molecule has 0 radical (unpaired) electrons. The lowest BCUT2D eigenvalue weighted by Crippen LogP contribution is -2.31. The number of fused-ring (bicyclic) bond motifs is 1. The number of aryl methyl sites for hydroxylation is 1. The van der Waals surface area contributed by atoms with Gasteiger partial charge in [-0.05, 0) is 37.3 Å². The largest absolute Gasteiger partial charge is 0.323 e. The summed E-state index contributed by atoms with van der Waals surface area (Å²) in [6.07, 6.45) is 5.01. The summed E-state index contributed by atoms with van der Waals surface area (Å²) in [6.45, 7) is 2.75. The van der Waals surface area contributed by atoms with Gasteiger partial charge in [-0.25, -0.2) is 9.78 Å². The molecule has 1 N–H and O–H groups in total. The molecular weight excluding hydrogens is 296 g/mol. The normalized spacial score (nSPS) is 16.9. The molecule has 6 heteroatoms. The first-order chi connectivity index (χ1) is 10.6. The second kappa shape index (κ2) is 6.44. The zero-order valence-corrected chi connectivity index (χ0v) is 13.7. The lowest BCUT2D eigenvalue weighted by Gasteiger charge is -2.16. The van der Waals surface area contributed by atoms with Gasteiger partial charge in [0.05, 0.1) is 17.9 Å². The molecule has 0 unspecified atom stereocenters. The Kier molecular flexibility index (Phi) is 4.38. The number of pyridine rings is 1. The summed E-state index contributed by atoms with van der Waals surface area (Å²) in [4.78, 5) is 24.0. The molecule has 0 saturated heterocycles. The number of anilines is 1. The first kappa shape index (κ1) is 15.0. The maximum Gasteiger partial charge on any atom is 0.323 e. The second-order valence-corrected chi connectivity index (χ2v) is 6.93. The van der Waals surface area contributed by atoms with Gasteiger partial charge in [-0.15, -0.1) is 11.3 Å². The van der Waals surface area contributed by atoms with E-state index < -0.39 is 0 Å².